The highest BCUT2D eigenvalue weighted by Gasteiger charge is 2.64. The number of primary amides is 1. The molecular weight excluding hydrogens is 1200 g/mol. The van der Waals surface area contributed by atoms with Crippen molar-refractivity contribution in [2.24, 2.45) is 23.5 Å². The van der Waals surface area contributed by atoms with Gasteiger partial charge in [0.1, 0.15) is 35.3 Å². The van der Waals surface area contributed by atoms with Crippen LogP contribution in [0.5, 0.6) is 5.75 Å². The fourth-order valence-corrected chi connectivity index (χ4v) is 11.5. The maximum Gasteiger partial charge on any atom is 0.412 e. The minimum Gasteiger partial charge on any atom is -0.495 e. The molecule has 488 valence electrons. The molecule has 6 rings (SSSR count). The van der Waals surface area contributed by atoms with E-state index in [2.05, 4.69) is 21.3 Å². The molecule has 4 heterocycles. The van der Waals surface area contributed by atoms with E-state index in [9.17, 15) is 48.3 Å². The number of carbonyl (C=O) groups is 9. The fraction of sp³-hybridized carbons (Fsp3) is 0.581. The molecule has 9 atom stereocenters. The lowest BCUT2D eigenvalue weighted by atomic mass is 9.78. The van der Waals surface area contributed by atoms with Gasteiger partial charge in [0.05, 0.1) is 86.3 Å². The predicted molar refractivity (Wildman–Crippen MR) is 329 cm³/mol. The van der Waals surface area contributed by atoms with Crippen LogP contribution in [-0.2, 0) is 79.7 Å². The van der Waals surface area contributed by atoms with Crippen LogP contribution in [0.3, 0.4) is 0 Å². The first-order valence-corrected chi connectivity index (χ1v) is 30.5. The average Bonchev–Trinajstić information content (AvgIpc) is 2.57. The molecule has 2 aromatic rings. The molecule has 0 aliphatic carbocycles. The largest absolute Gasteiger partial charge is 0.495 e. The lowest BCUT2D eigenvalue weighted by Gasteiger charge is -2.41. The topological polar surface area (TPSA) is 332 Å². The molecule has 0 aromatic heterocycles. The third-order valence-electron chi connectivity index (χ3n) is 16.1. The minimum atomic E-state index is -1.64. The van der Waals surface area contributed by atoms with Crippen LogP contribution in [0.1, 0.15) is 109 Å². The van der Waals surface area contributed by atoms with Crippen molar-refractivity contribution in [1.29, 1.82) is 0 Å². The van der Waals surface area contributed by atoms with Crippen molar-refractivity contribution in [3.63, 3.8) is 0 Å². The van der Waals surface area contributed by atoms with Crippen molar-refractivity contribution >= 4 is 93.7 Å². The Kier molecular flexibility index (Phi) is 26.0. The zero-order chi connectivity index (χ0) is 65.3. The van der Waals surface area contributed by atoms with Crippen LogP contribution in [0.2, 0.25) is 5.02 Å². The number of rotatable bonds is 26. The van der Waals surface area contributed by atoms with Gasteiger partial charge in [-0.1, -0.05) is 80.5 Å². The molecule has 0 radical (unpaired) electrons. The number of amides is 7. The molecule has 4 aliphatic rings. The molecule has 0 unspecified atom stereocenters. The van der Waals surface area contributed by atoms with Gasteiger partial charge < -0.3 is 69.7 Å². The zero-order valence-corrected chi connectivity index (χ0v) is 53.5. The maximum atomic E-state index is 14.5. The van der Waals surface area contributed by atoms with Gasteiger partial charge in [0.2, 0.25) is 11.8 Å². The van der Waals surface area contributed by atoms with Gasteiger partial charge in [0.25, 0.3) is 11.8 Å². The second-order valence-corrected chi connectivity index (χ2v) is 24.2. The van der Waals surface area contributed by atoms with Crippen molar-refractivity contribution in [2.75, 3.05) is 71.0 Å². The van der Waals surface area contributed by atoms with Crippen LogP contribution < -0.4 is 36.6 Å². The number of methoxy groups -OCH3 is 2. The van der Waals surface area contributed by atoms with Gasteiger partial charge in [0, 0.05) is 71.2 Å². The second-order valence-electron chi connectivity index (χ2n) is 23.3. The Bertz CT molecular complexity index is 3000. The number of ketones is 1. The number of nitrogens with zero attached hydrogens (tertiary/aromatic N) is 2. The first-order valence-electron chi connectivity index (χ1n) is 29.7. The highest BCUT2D eigenvalue weighted by atomic mass is 35.5. The number of carbonyl (C=O) groups excluding carboxylic acids is 9. The van der Waals surface area contributed by atoms with Gasteiger partial charge in [-0.05, 0) is 80.8 Å². The van der Waals surface area contributed by atoms with Crippen molar-refractivity contribution in [2.45, 2.75) is 154 Å². The van der Waals surface area contributed by atoms with Crippen molar-refractivity contribution < 1.29 is 86.3 Å². The summed E-state index contributed by atoms with van der Waals surface area (Å²) in [7, 11) is 4.41. The van der Waals surface area contributed by atoms with E-state index in [1.54, 1.807) is 45.2 Å². The molecule has 3 saturated heterocycles. The molecular formula is C62H84ClN7O18S. The fourth-order valence-electron chi connectivity index (χ4n) is 11.0. The van der Waals surface area contributed by atoms with Gasteiger partial charge in [-0.15, -0.1) is 5.06 Å². The van der Waals surface area contributed by atoms with Crippen LogP contribution in [0.15, 0.2) is 54.1 Å². The number of imide groups is 1. The third kappa shape index (κ3) is 20.0. The van der Waals surface area contributed by atoms with E-state index in [0.29, 0.717) is 39.3 Å². The molecule has 27 heteroatoms. The number of epoxide rings is 1. The summed E-state index contributed by atoms with van der Waals surface area (Å²) in [5, 5.41) is 24.1. The summed E-state index contributed by atoms with van der Waals surface area (Å²) in [4.78, 5) is 123. The second kappa shape index (κ2) is 32.6. The number of hydrogen-bond acceptors (Lipinski definition) is 19. The van der Waals surface area contributed by atoms with Crippen molar-refractivity contribution in [1.82, 2.24) is 21.0 Å². The van der Waals surface area contributed by atoms with Crippen molar-refractivity contribution in [3.05, 3.63) is 75.8 Å². The number of halogens is 1. The summed E-state index contributed by atoms with van der Waals surface area (Å²) in [6.07, 6.45) is 0.696. The molecule has 4 aliphatic heterocycles. The number of urea groups is 1. The Morgan fingerprint density at radius 1 is 0.955 bits per heavy atom. The van der Waals surface area contributed by atoms with Crippen LogP contribution in [-0.4, -0.2) is 171 Å². The average molecular weight is 1280 g/mol. The smallest absolute Gasteiger partial charge is 0.412 e. The van der Waals surface area contributed by atoms with Gasteiger partial charge in [-0.2, -0.15) is 0 Å². The number of nitrogens with one attached hydrogen (secondary N) is 4. The molecule has 89 heavy (non-hydrogen) atoms. The van der Waals surface area contributed by atoms with Crippen LogP contribution in [0.4, 0.5) is 21.0 Å². The predicted octanol–water partition coefficient (Wildman–Crippen LogP) is 5.59. The Labute approximate surface area is 528 Å². The van der Waals surface area contributed by atoms with Gasteiger partial charge in [-0.3, -0.25) is 34.1 Å². The van der Waals surface area contributed by atoms with E-state index in [-0.39, 0.29) is 120 Å². The summed E-state index contributed by atoms with van der Waals surface area (Å²) in [5.74, 6) is -5.06. The molecule has 7 amide bonds. The minimum absolute atomic E-state index is 0.000259. The number of nitrogens with two attached hydrogens (primary N) is 1. The summed E-state index contributed by atoms with van der Waals surface area (Å²) >= 11 is 12.5. The molecule has 25 nitrogen and oxygen atoms in total. The van der Waals surface area contributed by atoms with Crippen molar-refractivity contribution in [3.8, 4) is 5.75 Å². The molecule has 4 bridgehead atoms. The lowest BCUT2D eigenvalue weighted by Crippen LogP contribution is -2.53. The maximum absolute atomic E-state index is 14.5. The number of hydroxylamine groups is 2. The normalized spacial score (nSPS) is 24.5. The number of allylic oxidation sites excluding steroid dienone is 3. The Balaban J connectivity index is 1.10. The number of anilines is 2. The number of hydrogen-bond donors (Lipinski definition) is 6. The van der Waals surface area contributed by atoms with E-state index >= 15 is 0 Å². The first-order chi connectivity index (χ1) is 42.2. The summed E-state index contributed by atoms with van der Waals surface area (Å²) < 4.78 is 40.8. The first kappa shape index (κ1) is 71.0. The van der Waals surface area contributed by atoms with Gasteiger partial charge in [0.15, 0.2) is 5.78 Å². The zero-order valence-electron chi connectivity index (χ0n) is 51.9. The number of thiocarbonyl (C=S) groups is 1. The standard InChI is InChI=1S/C62H84ClN7O18S/c1-35(2)41(31-50(89)65-21-23-84-25-24-83-22-19-54(75)88-70-51(72)17-18-52(70)73)58(77)67-42(13-11-20-66-59(64)78)45(71)29-39-15-16-43(46(30-39)81-8)68-60(79)86-49-32-53(74)69(7)44-28-40(27-37(4)56(44)63)26-36(3)12-10-14-48(82-9)62(80)33-47(85-55(76)34-62)38(5)57-61(49,6)87-57/h10,12,14-16,27-28,30,35,38,41-42,47-49,57,80H,11,13,17-26,29,31-34H2,1-9H3,(H,65,89)(H,67,77)(H,68,79)(H3,64,66,78)/b14-10+,36-12+/t38-,41+,42+,47+,48-,49+,57+,61+,62-/m1/s1. The molecule has 3 fully saturated rings. The van der Waals surface area contributed by atoms with Gasteiger partial charge >= 0.3 is 24.1 Å². The van der Waals surface area contributed by atoms with E-state index in [4.69, 9.17) is 67.5 Å². The summed E-state index contributed by atoms with van der Waals surface area (Å²) in [6.45, 7) is 12.0. The van der Waals surface area contributed by atoms with Crippen LogP contribution in [0.25, 0.3) is 0 Å². The monoisotopic (exact) mass is 1280 g/mol. The number of aryl methyl sites for hydroxylation is 1. The highest BCUT2D eigenvalue weighted by Crippen LogP contribution is 2.50. The van der Waals surface area contributed by atoms with Crippen LogP contribution in [0, 0.1) is 24.7 Å². The summed E-state index contributed by atoms with van der Waals surface area (Å²) in [5.41, 5.74) is 5.95. The number of fused-ring (bicyclic) bond motifs is 5. The summed E-state index contributed by atoms with van der Waals surface area (Å²) in [6, 6.07) is 6.67. The Morgan fingerprint density at radius 3 is 2.34 bits per heavy atom. The van der Waals surface area contributed by atoms with E-state index in [0.717, 1.165) is 16.7 Å². The van der Waals surface area contributed by atoms with E-state index in [1.807, 2.05) is 45.9 Å². The number of aliphatic hydroxyl groups is 1. The number of benzene rings is 2. The number of esters is 1. The van der Waals surface area contributed by atoms with E-state index in [1.165, 1.54) is 25.2 Å². The lowest BCUT2D eigenvalue weighted by molar-refractivity contribution is -0.198. The quantitative estimate of drug-likeness (QED) is 0.0220. The van der Waals surface area contributed by atoms with E-state index < -0.39 is 101 Å². The Morgan fingerprint density at radius 2 is 1.66 bits per heavy atom. The third-order valence-corrected chi connectivity index (χ3v) is 16.9. The van der Waals surface area contributed by atoms with Gasteiger partial charge in [-0.25, -0.2) is 14.4 Å². The number of ether oxygens (including phenoxy) is 7. The SMILES string of the molecule is COc1cc(CC(=O)[C@H](CCCNC(N)=O)NC(=O)[C@@H](CC(=S)NCCOCCOCCC(=O)ON2C(=O)CCC2=O)C(C)C)ccc1NC(=O)O[C@H]1CC(=O)N(C)c2cc(cc(C)c2Cl)C/C(C)=C/C=C/[C@@H](OC)[C@]2(O)CC(=O)O[C@@H](C2)[C@@H](C)[C@@H]2O[C@@]12C. The highest BCUT2D eigenvalue weighted by molar-refractivity contribution is 7.80. The Hall–Kier alpha value is -7.07. The molecule has 0 spiro atoms. The molecule has 2 aromatic carbocycles. The molecule has 0 saturated carbocycles. The number of Topliss-reactive ketones (excluding diaryl/α,β-unsaturated/α-hetero) is 1. The van der Waals surface area contributed by atoms with Crippen LogP contribution >= 0.6 is 23.8 Å². The molecule has 7 N–H and O–H groups in total.